The lowest BCUT2D eigenvalue weighted by Gasteiger charge is -2.13. The zero-order chi connectivity index (χ0) is 13.3. The Balaban J connectivity index is 2.67. The second kappa shape index (κ2) is 4.29. The van der Waals surface area contributed by atoms with Crippen LogP contribution in [0.5, 0.6) is 5.75 Å². The van der Waals surface area contributed by atoms with Gasteiger partial charge in [-0.1, -0.05) is 18.2 Å². The van der Waals surface area contributed by atoms with Crippen molar-refractivity contribution in [2.45, 2.75) is 12.8 Å². The van der Waals surface area contributed by atoms with Gasteiger partial charge in [-0.3, -0.25) is 5.10 Å². The van der Waals surface area contributed by atoms with Crippen molar-refractivity contribution in [1.29, 1.82) is 0 Å². The number of aromatic nitrogens is 2. The van der Waals surface area contributed by atoms with Gasteiger partial charge < -0.3 is 10.5 Å². The van der Waals surface area contributed by atoms with Gasteiger partial charge in [0.25, 0.3) is 5.92 Å². The molecule has 0 aliphatic heterocycles. The highest BCUT2D eigenvalue weighted by molar-refractivity contribution is 5.81. The highest BCUT2D eigenvalue weighted by atomic mass is 19.3. The zero-order valence-electron chi connectivity index (χ0n) is 10.00. The summed E-state index contributed by atoms with van der Waals surface area (Å²) in [5.74, 6) is -2.56. The van der Waals surface area contributed by atoms with Crippen molar-refractivity contribution >= 4 is 5.82 Å². The van der Waals surface area contributed by atoms with Gasteiger partial charge in [0.15, 0.2) is 5.82 Å². The number of para-hydroxylation sites is 1. The van der Waals surface area contributed by atoms with Gasteiger partial charge >= 0.3 is 0 Å². The van der Waals surface area contributed by atoms with Crippen LogP contribution in [0.2, 0.25) is 0 Å². The van der Waals surface area contributed by atoms with Crippen LogP contribution in [0.15, 0.2) is 24.3 Å². The number of alkyl halides is 2. The van der Waals surface area contributed by atoms with E-state index in [4.69, 9.17) is 10.5 Å². The van der Waals surface area contributed by atoms with Gasteiger partial charge in [-0.25, -0.2) is 0 Å². The molecule has 4 nitrogen and oxygen atoms in total. The molecule has 0 saturated carbocycles. The minimum atomic E-state index is -3.05. The topological polar surface area (TPSA) is 63.9 Å². The molecule has 2 aromatic rings. The van der Waals surface area contributed by atoms with Gasteiger partial charge in [-0.15, -0.1) is 0 Å². The number of nitrogens with zero attached hydrogens (tertiary/aromatic N) is 1. The Morgan fingerprint density at radius 3 is 2.61 bits per heavy atom. The quantitative estimate of drug-likeness (QED) is 0.884. The number of anilines is 1. The third-order valence-corrected chi connectivity index (χ3v) is 2.61. The molecule has 0 radical (unpaired) electrons. The fourth-order valence-corrected chi connectivity index (χ4v) is 1.80. The number of nitrogens with two attached hydrogens (primary N) is 1. The first-order valence-corrected chi connectivity index (χ1v) is 5.30. The van der Waals surface area contributed by atoms with E-state index in [0.29, 0.717) is 11.3 Å². The average Bonchev–Trinajstić information content (AvgIpc) is 2.70. The van der Waals surface area contributed by atoms with Crippen LogP contribution in [0.1, 0.15) is 12.6 Å². The van der Waals surface area contributed by atoms with E-state index in [2.05, 4.69) is 10.2 Å². The number of methoxy groups -OCH3 is 1. The summed E-state index contributed by atoms with van der Waals surface area (Å²) < 4.78 is 32.1. The van der Waals surface area contributed by atoms with Crippen LogP contribution in [-0.4, -0.2) is 17.3 Å². The summed E-state index contributed by atoms with van der Waals surface area (Å²) in [6.07, 6.45) is 0. The van der Waals surface area contributed by atoms with Crippen molar-refractivity contribution < 1.29 is 13.5 Å². The van der Waals surface area contributed by atoms with Gasteiger partial charge in [0.05, 0.1) is 12.7 Å². The normalized spacial score (nSPS) is 11.6. The highest BCUT2D eigenvalue weighted by Crippen LogP contribution is 2.40. The number of rotatable bonds is 3. The molecule has 2 rings (SSSR count). The van der Waals surface area contributed by atoms with Crippen LogP contribution in [0.3, 0.4) is 0 Å². The summed E-state index contributed by atoms with van der Waals surface area (Å²) in [5.41, 5.74) is 6.02. The van der Waals surface area contributed by atoms with Crippen LogP contribution >= 0.6 is 0 Å². The Morgan fingerprint density at radius 2 is 2.00 bits per heavy atom. The number of nitrogen functional groups attached to an aromatic ring is 1. The maximum absolute atomic E-state index is 13.5. The van der Waals surface area contributed by atoms with Gasteiger partial charge in [0, 0.05) is 12.5 Å². The van der Waals surface area contributed by atoms with E-state index in [1.54, 1.807) is 24.3 Å². The summed E-state index contributed by atoms with van der Waals surface area (Å²) in [5, 5.41) is 5.94. The van der Waals surface area contributed by atoms with E-state index in [9.17, 15) is 8.78 Å². The van der Waals surface area contributed by atoms with Gasteiger partial charge in [-0.2, -0.15) is 13.9 Å². The molecule has 18 heavy (non-hydrogen) atoms. The smallest absolute Gasteiger partial charge is 0.287 e. The van der Waals surface area contributed by atoms with Gasteiger partial charge in [0.2, 0.25) is 0 Å². The van der Waals surface area contributed by atoms with Crippen molar-refractivity contribution in [3.05, 3.63) is 30.0 Å². The van der Waals surface area contributed by atoms with E-state index in [0.717, 1.165) is 6.92 Å². The molecule has 6 heteroatoms. The second-order valence-corrected chi connectivity index (χ2v) is 3.95. The maximum atomic E-state index is 13.5. The number of benzene rings is 1. The standard InChI is InChI=1S/C12H13F2N3O/c1-12(13,14)10-9(11(15)17-16-10)7-5-3-4-6-8(7)18-2/h3-6H,1-2H3,(H3,15,16,17). The molecule has 0 bridgehead atoms. The van der Waals surface area contributed by atoms with Crippen LogP contribution in [0, 0.1) is 0 Å². The van der Waals surface area contributed by atoms with Gasteiger partial charge in [-0.05, 0) is 6.07 Å². The molecule has 0 unspecified atom stereocenters. The number of ether oxygens (including phenoxy) is 1. The summed E-state index contributed by atoms with van der Waals surface area (Å²) in [7, 11) is 1.47. The Morgan fingerprint density at radius 1 is 1.33 bits per heavy atom. The highest BCUT2D eigenvalue weighted by Gasteiger charge is 2.32. The first-order valence-electron chi connectivity index (χ1n) is 5.30. The second-order valence-electron chi connectivity index (χ2n) is 3.95. The predicted octanol–water partition coefficient (Wildman–Crippen LogP) is 2.78. The number of H-pyrrole nitrogens is 1. The Kier molecular flexibility index (Phi) is 2.94. The molecule has 1 heterocycles. The van der Waals surface area contributed by atoms with E-state index in [-0.39, 0.29) is 17.1 Å². The SMILES string of the molecule is COc1ccccc1-c1c(N)n[nH]c1C(C)(F)F. The van der Waals surface area contributed by atoms with Crippen molar-refractivity contribution in [3.63, 3.8) is 0 Å². The third kappa shape index (κ3) is 2.01. The van der Waals surface area contributed by atoms with Crippen molar-refractivity contribution in [3.8, 4) is 16.9 Å². The Bertz CT molecular complexity index is 561. The molecule has 1 aromatic heterocycles. The van der Waals surface area contributed by atoms with E-state index >= 15 is 0 Å². The molecule has 3 N–H and O–H groups in total. The number of hydrogen-bond donors (Lipinski definition) is 2. The molecule has 1 aromatic carbocycles. The summed E-state index contributed by atoms with van der Waals surface area (Å²) in [4.78, 5) is 0. The number of halogens is 2. The van der Waals surface area contributed by atoms with Crippen LogP contribution in [0.25, 0.3) is 11.1 Å². The number of hydrogen-bond acceptors (Lipinski definition) is 3. The largest absolute Gasteiger partial charge is 0.496 e. The molecular weight excluding hydrogens is 240 g/mol. The Labute approximate surface area is 103 Å². The van der Waals surface area contributed by atoms with Crippen molar-refractivity contribution in [2.24, 2.45) is 0 Å². The molecule has 0 fully saturated rings. The lowest BCUT2D eigenvalue weighted by Crippen LogP contribution is -2.09. The molecule has 0 saturated heterocycles. The van der Waals surface area contributed by atoms with Crippen molar-refractivity contribution in [1.82, 2.24) is 10.2 Å². The molecular formula is C12H13F2N3O. The first kappa shape index (κ1) is 12.3. The molecule has 0 atom stereocenters. The minimum Gasteiger partial charge on any atom is -0.496 e. The van der Waals surface area contributed by atoms with Crippen molar-refractivity contribution in [2.75, 3.05) is 12.8 Å². The number of aromatic amines is 1. The van der Waals surface area contributed by atoms with Crippen LogP contribution in [0.4, 0.5) is 14.6 Å². The average molecular weight is 253 g/mol. The van der Waals surface area contributed by atoms with Crippen LogP contribution in [-0.2, 0) is 5.92 Å². The van der Waals surface area contributed by atoms with Gasteiger partial charge in [0.1, 0.15) is 11.4 Å². The van der Waals surface area contributed by atoms with E-state index in [1.807, 2.05) is 0 Å². The summed E-state index contributed by atoms with van der Waals surface area (Å²) in [6, 6.07) is 6.82. The first-order chi connectivity index (χ1) is 8.45. The monoisotopic (exact) mass is 253 g/mol. The molecule has 0 aliphatic carbocycles. The molecule has 0 spiro atoms. The predicted molar refractivity (Wildman–Crippen MR) is 64.6 cm³/mol. The zero-order valence-corrected chi connectivity index (χ0v) is 10.00. The Hall–Kier alpha value is -2.11. The molecule has 0 amide bonds. The maximum Gasteiger partial charge on any atom is 0.287 e. The number of nitrogens with one attached hydrogen (secondary N) is 1. The fourth-order valence-electron chi connectivity index (χ4n) is 1.80. The van der Waals surface area contributed by atoms with Crippen LogP contribution < -0.4 is 10.5 Å². The van der Waals surface area contributed by atoms with E-state index < -0.39 is 5.92 Å². The lowest BCUT2D eigenvalue weighted by molar-refractivity contribution is 0.0133. The third-order valence-electron chi connectivity index (χ3n) is 2.61. The molecule has 96 valence electrons. The summed E-state index contributed by atoms with van der Waals surface area (Å²) >= 11 is 0. The minimum absolute atomic E-state index is 0.0241. The van der Waals surface area contributed by atoms with E-state index in [1.165, 1.54) is 7.11 Å². The summed E-state index contributed by atoms with van der Waals surface area (Å²) in [6.45, 7) is 0.791. The fraction of sp³-hybridized carbons (Fsp3) is 0.250. The lowest BCUT2D eigenvalue weighted by atomic mass is 10.0. The molecule has 0 aliphatic rings.